The van der Waals surface area contributed by atoms with Crippen molar-refractivity contribution in [1.82, 2.24) is 4.90 Å². The van der Waals surface area contributed by atoms with Crippen molar-refractivity contribution in [2.45, 2.75) is 6.54 Å². The van der Waals surface area contributed by atoms with Gasteiger partial charge < -0.3 is 16.0 Å². The number of nitrogens with one attached hydrogen (secondary N) is 1. The fourth-order valence-electron chi connectivity index (χ4n) is 1.89. The number of anilines is 2. The smallest absolute Gasteiger partial charge is 0.321 e. The Morgan fingerprint density at radius 3 is 2.76 bits per heavy atom. The molecule has 2 rings (SSSR count). The normalized spacial score (nSPS) is 9.71. The first kappa shape index (κ1) is 14.4. The molecule has 0 aliphatic heterocycles. The number of urea groups is 1. The summed E-state index contributed by atoms with van der Waals surface area (Å²) >= 11 is 0. The summed E-state index contributed by atoms with van der Waals surface area (Å²) in [6.45, 7) is 0.413. The zero-order valence-electron chi connectivity index (χ0n) is 11.7. The number of nitrogens with zero attached hydrogens (tertiary/aromatic N) is 2. The Morgan fingerprint density at radius 1 is 1.29 bits per heavy atom. The minimum Gasteiger partial charge on any atom is -0.398 e. The van der Waals surface area contributed by atoms with E-state index < -0.39 is 0 Å². The van der Waals surface area contributed by atoms with Crippen LogP contribution in [0.2, 0.25) is 0 Å². The zero-order chi connectivity index (χ0) is 15.2. The maximum atomic E-state index is 12.1. The van der Waals surface area contributed by atoms with E-state index in [9.17, 15) is 4.79 Å². The third-order valence-electron chi connectivity index (χ3n) is 3.05. The van der Waals surface area contributed by atoms with Crippen molar-refractivity contribution in [2.75, 3.05) is 18.1 Å². The molecule has 0 bridgehead atoms. The van der Waals surface area contributed by atoms with Crippen molar-refractivity contribution < 1.29 is 4.79 Å². The van der Waals surface area contributed by atoms with Crippen LogP contribution in [0.1, 0.15) is 11.1 Å². The molecule has 21 heavy (non-hydrogen) atoms. The van der Waals surface area contributed by atoms with Gasteiger partial charge in [-0.25, -0.2) is 4.79 Å². The molecule has 0 saturated heterocycles. The first-order valence-corrected chi connectivity index (χ1v) is 6.46. The highest BCUT2D eigenvalue weighted by Crippen LogP contribution is 2.14. The van der Waals surface area contributed by atoms with E-state index in [2.05, 4.69) is 5.32 Å². The number of carbonyl (C=O) groups is 1. The second kappa shape index (κ2) is 6.44. The Hall–Kier alpha value is -3.00. The second-order valence-corrected chi connectivity index (χ2v) is 4.68. The van der Waals surface area contributed by atoms with Crippen LogP contribution in [-0.2, 0) is 6.54 Å². The summed E-state index contributed by atoms with van der Waals surface area (Å²) in [6.07, 6.45) is 0. The first-order chi connectivity index (χ1) is 10.1. The number of amides is 2. The Balaban J connectivity index is 2.03. The molecule has 0 aliphatic rings. The van der Waals surface area contributed by atoms with E-state index in [0.29, 0.717) is 23.5 Å². The predicted molar refractivity (Wildman–Crippen MR) is 82.5 cm³/mol. The van der Waals surface area contributed by atoms with E-state index in [4.69, 9.17) is 11.0 Å². The van der Waals surface area contributed by atoms with Crippen molar-refractivity contribution in [3.05, 3.63) is 59.7 Å². The minimum atomic E-state index is -0.256. The van der Waals surface area contributed by atoms with Crippen LogP contribution >= 0.6 is 0 Å². The Bertz CT molecular complexity index is 691. The summed E-state index contributed by atoms with van der Waals surface area (Å²) in [5.74, 6) is 0. The molecular formula is C16H16N4O. The van der Waals surface area contributed by atoms with Crippen LogP contribution in [0.15, 0.2) is 48.5 Å². The summed E-state index contributed by atoms with van der Waals surface area (Å²) in [4.78, 5) is 13.7. The third kappa shape index (κ3) is 3.74. The Morgan fingerprint density at radius 2 is 2.05 bits per heavy atom. The van der Waals surface area contributed by atoms with Crippen molar-refractivity contribution >= 4 is 17.4 Å². The number of para-hydroxylation sites is 1. The van der Waals surface area contributed by atoms with E-state index >= 15 is 0 Å². The molecule has 0 spiro atoms. The molecule has 3 N–H and O–H groups in total. The number of nitriles is 1. The lowest BCUT2D eigenvalue weighted by atomic mass is 10.2. The van der Waals surface area contributed by atoms with Gasteiger partial charge in [0.25, 0.3) is 0 Å². The van der Waals surface area contributed by atoms with Crippen LogP contribution in [0.4, 0.5) is 16.2 Å². The lowest BCUT2D eigenvalue weighted by Crippen LogP contribution is -2.31. The summed E-state index contributed by atoms with van der Waals surface area (Å²) < 4.78 is 0. The van der Waals surface area contributed by atoms with E-state index in [1.54, 1.807) is 37.4 Å². The second-order valence-electron chi connectivity index (χ2n) is 4.68. The highest BCUT2D eigenvalue weighted by Gasteiger charge is 2.10. The van der Waals surface area contributed by atoms with Crippen LogP contribution in [0.5, 0.6) is 0 Å². The molecule has 106 valence electrons. The first-order valence-electron chi connectivity index (χ1n) is 6.46. The number of nitrogen functional groups attached to an aromatic ring is 1. The average Bonchev–Trinajstić information content (AvgIpc) is 2.49. The molecule has 2 aromatic carbocycles. The van der Waals surface area contributed by atoms with Crippen LogP contribution in [-0.4, -0.2) is 18.0 Å². The quantitative estimate of drug-likeness (QED) is 0.848. The van der Waals surface area contributed by atoms with Crippen LogP contribution in [0.3, 0.4) is 0 Å². The lowest BCUT2D eigenvalue weighted by Gasteiger charge is -2.19. The summed E-state index contributed by atoms with van der Waals surface area (Å²) in [5.41, 5.74) is 8.50. The zero-order valence-corrected chi connectivity index (χ0v) is 11.7. The van der Waals surface area contributed by atoms with Gasteiger partial charge in [0.05, 0.1) is 11.6 Å². The lowest BCUT2D eigenvalue weighted by molar-refractivity contribution is 0.221. The molecule has 0 radical (unpaired) electrons. The number of benzene rings is 2. The predicted octanol–water partition coefficient (Wildman–Crippen LogP) is 2.80. The van der Waals surface area contributed by atoms with E-state index in [1.165, 1.54) is 4.90 Å². The standard InChI is InChI=1S/C16H16N4O/c1-20(11-13-6-2-3-8-15(13)18)16(21)19-14-7-4-5-12(9-14)10-17/h2-9H,11,18H2,1H3,(H,19,21). The van der Waals surface area contributed by atoms with Crippen LogP contribution in [0.25, 0.3) is 0 Å². The number of nitrogens with two attached hydrogens (primary N) is 1. The van der Waals surface area contributed by atoms with Crippen molar-refractivity contribution in [3.63, 3.8) is 0 Å². The summed E-state index contributed by atoms with van der Waals surface area (Å²) in [6, 6.07) is 16.0. The van der Waals surface area contributed by atoms with Crippen LogP contribution < -0.4 is 11.1 Å². The summed E-state index contributed by atoms with van der Waals surface area (Å²) in [7, 11) is 1.69. The minimum absolute atomic E-state index is 0.256. The highest BCUT2D eigenvalue weighted by atomic mass is 16.2. The van der Waals surface area contributed by atoms with Gasteiger partial charge >= 0.3 is 6.03 Å². The van der Waals surface area contributed by atoms with Gasteiger partial charge in [-0.1, -0.05) is 24.3 Å². The van der Waals surface area contributed by atoms with Gasteiger partial charge in [0.2, 0.25) is 0 Å². The molecular weight excluding hydrogens is 264 g/mol. The number of rotatable bonds is 3. The Kier molecular flexibility index (Phi) is 4.42. The van der Waals surface area contributed by atoms with E-state index in [0.717, 1.165) is 5.56 Å². The average molecular weight is 280 g/mol. The molecule has 0 atom stereocenters. The molecule has 2 amide bonds. The molecule has 0 aliphatic carbocycles. The number of hydrogen-bond donors (Lipinski definition) is 2. The Labute approximate surface area is 123 Å². The molecule has 5 heteroatoms. The molecule has 2 aromatic rings. The van der Waals surface area contributed by atoms with Gasteiger partial charge in [0, 0.05) is 25.0 Å². The molecule has 5 nitrogen and oxygen atoms in total. The van der Waals surface area contributed by atoms with Crippen molar-refractivity contribution in [2.24, 2.45) is 0 Å². The van der Waals surface area contributed by atoms with Gasteiger partial charge in [-0.3, -0.25) is 0 Å². The fourth-order valence-corrected chi connectivity index (χ4v) is 1.89. The van der Waals surface area contributed by atoms with Crippen molar-refractivity contribution in [3.8, 4) is 6.07 Å². The molecule has 0 unspecified atom stereocenters. The summed E-state index contributed by atoms with van der Waals surface area (Å²) in [5, 5.41) is 11.6. The monoisotopic (exact) mass is 280 g/mol. The van der Waals surface area contributed by atoms with Gasteiger partial charge in [0.1, 0.15) is 0 Å². The van der Waals surface area contributed by atoms with Gasteiger partial charge in [-0.2, -0.15) is 5.26 Å². The SMILES string of the molecule is CN(Cc1ccccc1N)C(=O)Nc1cccc(C#N)c1. The van der Waals surface area contributed by atoms with Crippen molar-refractivity contribution in [1.29, 1.82) is 5.26 Å². The maximum absolute atomic E-state index is 12.1. The largest absolute Gasteiger partial charge is 0.398 e. The highest BCUT2D eigenvalue weighted by molar-refractivity contribution is 5.89. The molecule has 0 fully saturated rings. The van der Waals surface area contributed by atoms with Gasteiger partial charge in [-0.15, -0.1) is 0 Å². The van der Waals surface area contributed by atoms with Gasteiger partial charge in [0.15, 0.2) is 0 Å². The maximum Gasteiger partial charge on any atom is 0.321 e. The fraction of sp³-hybridized carbons (Fsp3) is 0.125. The number of carbonyl (C=O) groups excluding carboxylic acids is 1. The third-order valence-corrected chi connectivity index (χ3v) is 3.05. The van der Waals surface area contributed by atoms with E-state index in [-0.39, 0.29) is 6.03 Å². The van der Waals surface area contributed by atoms with E-state index in [1.807, 2.05) is 24.3 Å². The topological polar surface area (TPSA) is 82.2 Å². The van der Waals surface area contributed by atoms with Crippen LogP contribution in [0, 0.1) is 11.3 Å². The number of hydrogen-bond acceptors (Lipinski definition) is 3. The molecule has 0 saturated carbocycles. The molecule has 0 aromatic heterocycles. The van der Waals surface area contributed by atoms with Gasteiger partial charge in [-0.05, 0) is 29.8 Å². The molecule has 0 heterocycles.